The van der Waals surface area contributed by atoms with Gasteiger partial charge in [-0.3, -0.25) is 4.90 Å². The summed E-state index contributed by atoms with van der Waals surface area (Å²) in [5.41, 5.74) is 2.87. The smallest absolute Gasteiger partial charge is 0.317 e. The Morgan fingerprint density at radius 1 is 1.14 bits per heavy atom. The quantitative estimate of drug-likeness (QED) is 0.931. The van der Waals surface area contributed by atoms with Gasteiger partial charge in [0.25, 0.3) is 0 Å². The van der Waals surface area contributed by atoms with Crippen LogP contribution >= 0.6 is 0 Å². The normalized spacial score (nSPS) is 19.1. The molecule has 1 aromatic carbocycles. The number of fused-ring (bicyclic) bond motifs is 1. The number of hydrogen-bond donors (Lipinski definition) is 1. The van der Waals surface area contributed by atoms with E-state index in [1.165, 1.54) is 11.1 Å². The van der Waals surface area contributed by atoms with E-state index in [0.29, 0.717) is 6.54 Å². The predicted molar refractivity (Wildman–Crippen MR) is 88.8 cm³/mol. The lowest BCUT2D eigenvalue weighted by Crippen LogP contribution is -2.54. The minimum absolute atomic E-state index is 0.0249. The molecule has 0 aromatic heterocycles. The number of hydrogen-bond acceptors (Lipinski definition) is 2. The highest BCUT2D eigenvalue weighted by Crippen LogP contribution is 2.25. The van der Waals surface area contributed by atoms with E-state index in [9.17, 15) is 4.79 Å². The molecule has 2 amide bonds. The van der Waals surface area contributed by atoms with Crippen molar-refractivity contribution < 1.29 is 4.79 Å². The van der Waals surface area contributed by atoms with Crippen LogP contribution in [0.5, 0.6) is 0 Å². The zero-order valence-corrected chi connectivity index (χ0v) is 13.8. The first-order valence-electron chi connectivity index (χ1n) is 8.41. The van der Waals surface area contributed by atoms with Crippen LogP contribution in [-0.2, 0) is 13.0 Å². The van der Waals surface area contributed by atoms with Crippen molar-refractivity contribution in [3.63, 3.8) is 0 Å². The Labute approximate surface area is 133 Å². The number of nitrogens with zero attached hydrogens (tertiary/aromatic N) is 2. The van der Waals surface area contributed by atoms with Gasteiger partial charge < -0.3 is 10.2 Å². The SMILES string of the molecule is CC(C)(CNC(=O)N1CCCC1)N1CCc2ccccc2C1. The number of urea groups is 1. The molecule has 0 bridgehead atoms. The van der Waals surface area contributed by atoms with Gasteiger partial charge in [-0.05, 0) is 44.2 Å². The van der Waals surface area contributed by atoms with E-state index in [0.717, 1.165) is 45.4 Å². The van der Waals surface area contributed by atoms with Crippen LogP contribution in [0.4, 0.5) is 4.79 Å². The Morgan fingerprint density at radius 3 is 2.55 bits per heavy atom. The molecular formula is C18H27N3O. The topological polar surface area (TPSA) is 35.6 Å². The van der Waals surface area contributed by atoms with E-state index in [4.69, 9.17) is 0 Å². The van der Waals surface area contributed by atoms with Crippen molar-refractivity contribution in [2.45, 2.75) is 45.2 Å². The van der Waals surface area contributed by atoms with Gasteiger partial charge in [0.15, 0.2) is 0 Å². The van der Waals surface area contributed by atoms with E-state index in [2.05, 4.69) is 48.3 Å². The van der Waals surface area contributed by atoms with Crippen LogP contribution in [0.25, 0.3) is 0 Å². The Bertz CT molecular complexity index is 535. The summed E-state index contributed by atoms with van der Waals surface area (Å²) in [6, 6.07) is 8.79. The van der Waals surface area contributed by atoms with Gasteiger partial charge >= 0.3 is 6.03 Å². The zero-order chi connectivity index (χ0) is 15.6. The van der Waals surface area contributed by atoms with Crippen LogP contribution in [0.1, 0.15) is 37.8 Å². The van der Waals surface area contributed by atoms with Crippen molar-refractivity contribution in [3.8, 4) is 0 Å². The zero-order valence-electron chi connectivity index (χ0n) is 13.8. The fourth-order valence-electron chi connectivity index (χ4n) is 3.45. The van der Waals surface area contributed by atoms with Gasteiger partial charge in [-0.1, -0.05) is 24.3 Å². The molecular weight excluding hydrogens is 274 g/mol. The monoisotopic (exact) mass is 301 g/mol. The minimum atomic E-state index is -0.0249. The molecule has 4 heteroatoms. The third kappa shape index (κ3) is 3.27. The summed E-state index contributed by atoms with van der Waals surface area (Å²) in [7, 11) is 0. The second-order valence-electron chi connectivity index (χ2n) is 7.11. The number of carbonyl (C=O) groups excluding carboxylic acids is 1. The summed E-state index contributed by atoms with van der Waals surface area (Å²) >= 11 is 0. The molecule has 1 fully saturated rings. The van der Waals surface area contributed by atoms with Crippen LogP contribution in [0.15, 0.2) is 24.3 Å². The summed E-state index contributed by atoms with van der Waals surface area (Å²) in [4.78, 5) is 16.6. The predicted octanol–water partition coefficient (Wildman–Crippen LogP) is 2.63. The van der Waals surface area contributed by atoms with E-state index < -0.39 is 0 Å². The Morgan fingerprint density at radius 2 is 1.82 bits per heavy atom. The van der Waals surface area contributed by atoms with Gasteiger partial charge in [0.2, 0.25) is 0 Å². The maximum atomic E-state index is 12.2. The summed E-state index contributed by atoms with van der Waals surface area (Å²) in [5.74, 6) is 0. The Hall–Kier alpha value is -1.55. The summed E-state index contributed by atoms with van der Waals surface area (Å²) < 4.78 is 0. The number of benzene rings is 1. The number of rotatable bonds is 3. The summed E-state index contributed by atoms with van der Waals surface area (Å²) in [5, 5.41) is 3.13. The van der Waals surface area contributed by atoms with Crippen molar-refractivity contribution in [2.75, 3.05) is 26.2 Å². The average molecular weight is 301 g/mol. The molecule has 22 heavy (non-hydrogen) atoms. The minimum Gasteiger partial charge on any atom is -0.336 e. The highest BCUT2D eigenvalue weighted by atomic mass is 16.2. The number of likely N-dealkylation sites (tertiary alicyclic amines) is 1. The van der Waals surface area contributed by atoms with Crippen LogP contribution < -0.4 is 5.32 Å². The Kier molecular flexibility index (Phi) is 4.39. The van der Waals surface area contributed by atoms with Gasteiger partial charge in [0.1, 0.15) is 0 Å². The first-order valence-corrected chi connectivity index (χ1v) is 8.41. The Balaban J connectivity index is 1.57. The van der Waals surface area contributed by atoms with Crippen LogP contribution in [0.2, 0.25) is 0 Å². The molecule has 0 saturated carbocycles. The molecule has 120 valence electrons. The number of carbonyl (C=O) groups is 1. The second-order valence-corrected chi connectivity index (χ2v) is 7.11. The largest absolute Gasteiger partial charge is 0.336 e. The molecule has 0 radical (unpaired) electrons. The first kappa shape index (κ1) is 15.3. The highest BCUT2D eigenvalue weighted by Gasteiger charge is 2.30. The lowest BCUT2D eigenvalue weighted by Gasteiger charge is -2.41. The third-order valence-electron chi connectivity index (χ3n) is 5.05. The third-order valence-corrected chi connectivity index (χ3v) is 5.05. The first-order chi connectivity index (χ1) is 10.6. The van der Waals surface area contributed by atoms with Gasteiger partial charge in [0, 0.05) is 38.3 Å². The molecule has 1 N–H and O–H groups in total. The molecule has 0 atom stereocenters. The van der Waals surface area contributed by atoms with Gasteiger partial charge in [-0.2, -0.15) is 0 Å². The maximum Gasteiger partial charge on any atom is 0.317 e. The fraction of sp³-hybridized carbons (Fsp3) is 0.611. The molecule has 2 aliphatic rings. The van der Waals surface area contributed by atoms with Gasteiger partial charge in [-0.25, -0.2) is 4.79 Å². The van der Waals surface area contributed by atoms with Crippen molar-refractivity contribution >= 4 is 6.03 Å². The van der Waals surface area contributed by atoms with Gasteiger partial charge in [0.05, 0.1) is 0 Å². The average Bonchev–Trinajstić information content (AvgIpc) is 3.07. The van der Waals surface area contributed by atoms with Crippen LogP contribution in [0.3, 0.4) is 0 Å². The van der Waals surface area contributed by atoms with E-state index in [-0.39, 0.29) is 11.6 Å². The molecule has 0 unspecified atom stereocenters. The molecule has 2 heterocycles. The summed E-state index contributed by atoms with van der Waals surface area (Å²) in [6.07, 6.45) is 3.37. The van der Waals surface area contributed by atoms with Crippen molar-refractivity contribution in [3.05, 3.63) is 35.4 Å². The molecule has 2 aliphatic heterocycles. The van der Waals surface area contributed by atoms with Gasteiger partial charge in [-0.15, -0.1) is 0 Å². The van der Waals surface area contributed by atoms with Crippen molar-refractivity contribution in [2.24, 2.45) is 0 Å². The molecule has 0 aliphatic carbocycles. The van der Waals surface area contributed by atoms with Crippen LogP contribution in [-0.4, -0.2) is 47.5 Å². The lowest BCUT2D eigenvalue weighted by molar-refractivity contribution is 0.102. The second kappa shape index (κ2) is 6.29. The molecule has 0 spiro atoms. The standard InChI is InChI=1S/C18H27N3O/c1-18(2,14-19-17(22)20-10-5-6-11-20)21-12-9-15-7-3-4-8-16(15)13-21/h3-4,7-8H,5-6,9-14H2,1-2H3,(H,19,22). The maximum absolute atomic E-state index is 12.2. The number of amides is 2. The molecule has 3 rings (SSSR count). The fourth-order valence-corrected chi connectivity index (χ4v) is 3.45. The molecule has 1 aromatic rings. The number of nitrogens with one attached hydrogen (secondary N) is 1. The molecule has 4 nitrogen and oxygen atoms in total. The van der Waals surface area contributed by atoms with E-state index >= 15 is 0 Å². The highest BCUT2D eigenvalue weighted by molar-refractivity contribution is 5.74. The van der Waals surface area contributed by atoms with Crippen molar-refractivity contribution in [1.29, 1.82) is 0 Å². The summed E-state index contributed by atoms with van der Waals surface area (Å²) in [6.45, 7) is 9.00. The van der Waals surface area contributed by atoms with E-state index in [1.807, 2.05) is 4.90 Å². The lowest BCUT2D eigenvalue weighted by atomic mass is 9.94. The molecule has 1 saturated heterocycles. The van der Waals surface area contributed by atoms with Crippen molar-refractivity contribution in [1.82, 2.24) is 15.1 Å². The van der Waals surface area contributed by atoms with E-state index in [1.54, 1.807) is 0 Å². The van der Waals surface area contributed by atoms with Crippen LogP contribution in [0, 0.1) is 0 Å².